The summed E-state index contributed by atoms with van der Waals surface area (Å²) in [5.41, 5.74) is 3.07. The van der Waals surface area contributed by atoms with E-state index < -0.39 is 0 Å². The molecule has 0 radical (unpaired) electrons. The molecule has 1 saturated heterocycles. The van der Waals surface area contributed by atoms with Crippen LogP contribution in [0.2, 0.25) is 0 Å². The summed E-state index contributed by atoms with van der Waals surface area (Å²) in [5.74, 6) is 1.19. The molecule has 0 spiro atoms. The van der Waals surface area contributed by atoms with Crippen molar-refractivity contribution in [3.8, 4) is 5.75 Å². The van der Waals surface area contributed by atoms with Crippen LogP contribution in [0.5, 0.6) is 5.75 Å². The molecule has 138 valence electrons. The molecule has 5 heteroatoms. The topological polar surface area (TPSA) is 34.1 Å². The van der Waals surface area contributed by atoms with Gasteiger partial charge in [0.2, 0.25) is 0 Å². The van der Waals surface area contributed by atoms with E-state index in [1.165, 1.54) is 24.8 Å². The number of rotatable bonds is 7. The summed E-state index contributed by atoms with van der Waals surface area (Å²) in [6.45, 7) is 2.99. The van der Waals surface area contributed by atoms with Gasteiger partial charge in [0.05, 0.1) is 12.8 Å². The number of methoxy groups -OCH3 is 1. The van der Waals surface area contributed by atoms with Crippen LogP contribution in [0.25, 0.3) is 0 Å². The van der Waals surface area contributed by atoms with Crippen molar-refractivity contribution >= 4 is 5.71 Å². The Balaban J connectivity index is 1.59. The smallest absolute Gasteiger partial charge is 0.123 e. The van der Waals surface area contributed by atoms with Crippen LogP contribution < -0.4 is 4.74 Å². The second kappa shape index (κ2) is 8.81. The molecule has 3 rings (SSSR count). The zero-order valence-corrected chi connectivity index (χ0v) is 15.3. The number of hydrogen-bond acceptors (Lipinski definition) is 4. The van der Waals surface area contributed by atoms with Gasteiger partial charge in [-0.15, -0.1) is 0 Å². The minimum absolute atomic E-state index is 0.244. The third-order valence-electron chi connectivity index (χ3n) is 4.88. The largest absolute Gasteiger partial charge is 0.497 e. The van der Waals surface area contributed by atoms with Gasteiger partial charge in [0.15, 0.2) is 0 Å². The van der Waals surface area contributed by atoms with Gasteiger partial charge in [0.25, 0.3) is 0 Å². The minimum atomic E-state index is -0.244. The molecule has 1 atom stereocenters. The average Bonchev–Trinajstić information content (AvgIpc) is 3.15. The first-order chi connectivity index (χ1) is 12.7. The fraction of sp³-hybridized carbons (Fsp3) is 0.381. The van der Waals surface area contributed by atoms with E-state index in [-0.39, 0.29) is 5.82 Å². The maximum absolute atomic E-state index is 13.1. The monoisotopic (exact) mass is 356 g/mol. The Labute approximate surface area is 154 Å². The van der Waals surface area contributed by atoms with E-state index in [0.717, 1.165) is 49.5 Å². The number of halogens is 1. The maximum atomic E-state index is 13.1. The van der Waals surface area contributed by atoms with Crippen LogP contribution in [0.15, 0.2) is 53.7 Å². The predicted octanol–water partition coefficient (Wildman–Crippen LogP) is 4.06. The Morgan fingerprint density at radius 1 is 1.19 bits per heavy atom. The van der Waals surface area contributed by atoms with Crippen molar-refractivity contribution in [3.63, 3.8) is 0 Å². The highest BCUT2D eigenvalue weighted by Gasteiger charge is 2.24. The molecular weight excluding hydrogens is 331 g/mol. The van der Waals surface area contributed by atoms with Crippen LogP contribution in [0, 0.1) is 5.82 Å². The second-order valence-corrected chi connectivity index (χ2v) is 6.54. The third-order valence-corrected chi connectivity index (χ3v) is 4.88. The molecule has 1 aliphatic heterocycles. The molecule has 1 fully saturated rings. The van der Waals surface area contributed by atoms with Gasteiger partial charge in [0, 0.05) is 19.5 Å². The Kier molecular flexibility index (Phi) is 6.23. The SMILES string of the molecule is CO/N=C(\CCN1CCC(c2cccc(OC)c2)C1)c1ccc(F)cc1. The average molecular weight is 356 g/mol. The second-order valence-electron chi connectivity index (χ2n) is 6.54. The number of likely N-dealkylation sites (tertiary alicyclic amines) is 1. The van der Waals surface area contributed by atoms with Gasteiger partial charge in [-0.2, -0.15) is 0 Å². The lowest BCUT2D eigenvalue weighted by molar-refractivity contribution is 0.212. The van der Waals surface area contributed by atoms with E-state index in [4.69, 9.17) is 9.57 Å². The van der Waals surface area contributed by atoms with E-state index in [1.54, 1.807) is 19.2 Å². The third kappa shape index (κ3) is 4.61. The molecule has 0 aliphatic carbocycles. The van der Waals surface area contributed by atoms with Gasteiger partial charge in [-0.3, -0.25) is 0 Å². The van der Waals surface area contributed by atoms with Gasteiger partial charge < -0.3 is 14.5 Å². The predicted molar refractivity (Wildman–Crippen MR) is 101 cm³/mol. The Hall–Kier alpha value is -2.40. The van der Waals surface area contributed by atoms with Crippen LogP contribution in [0.1, 0.15) is 29.9 Å². The Morgan fingerprint density at radius 2 is 2.00 bits per heavy atom. The van der Waals surface area contributed by atoms with Crippen LogP contribution >= 0.6 is 0 Å². The number of hydrogen-bond donors (Lipinski definition) is 0. The van der Waals surface area contributed by atoms with Gasteiger partial charge >= 0.3 is 0 Å². The fourth-order valence-corrected chi connectivity index (χ4v) is 3.46. The Morgan fingerprint density at radius 3 is 2.73 bits per heavy atom. The van der Waals surface area contributed by atoms with Crippen molar-refractivity contribution in [1.29, 1.82) is 0 Å². The van der Waals surface area contributed by atoms with Crippen LogP contribution in [-0.2, 0) is 4.84 Å². The number of nitrogens with zero attached hydrogens (tertiary/aromatic N) is 2. The lowest BCUT2D eigenvalue weighted by atomic mass is 9.98. The maximum Gasteiger partial charge on any atom is 0.123 e. The first-order valence-electron chi connectivity index (χ1n) is 8.92. The summed E-state index contributed by atoms with van der Waals surface area (Å²) in [5, 5.41) is 4.14. The molecule has 0 aromatic heterocycles. The van der Waals surface area contributed by atoms with Crippen molar-refractivity contribution in [2.24, 2.45) is 5.16 Å². The molecule has 0 saturated carbocycles. The summed E-state index contributed by atoms with van der Waals surface area (Å²) >= 11 is 0. The Bertz CT molecular complexity index is 746. The van der Waals surface area contributed by atoms with Crippen molar-refractivity contribution in [2.75, 3.05) is 33.9 Å². The van der Waals surface area contributed by atoms with E-state index in [0.29, 0.717) is 5.92 Å². The van der Waals surface area contributed by atoms with Crippen molar-refractivity contribution in [3.05, 3.63) is 65.5 Å². The zero-order valence-electron chi connectivity index (χ0n) is 15.3. The van der Waals surface area contributed by atoms with E-state index in [2.05, 4.69) is 28.3 Å². The first-order valence-corrected chi connectivity index (χ1v) is 8.92. The highest BCUT2D eigenvalue weighted by atomic mass is 19.1. The zero-order chi connectivity index (χ0) is 18.4. The molecule has 2 aromatic rings. The van der Waals surface area contributed by atoms with Crippen LogP contribution in [-0.4, -0.2) is 44.5 Å². The lowest BCUT2D eigenvalue weighted by Crippen LogP contribution is -2.24. The number of benzene rings is 2. The summed E-state index contributed by atoms with van der Waals surface area (Å²) in [4.78, 5) is 7.42. The normalized spacial score (nSPS) is 18.1. The fourth-order valence-electron chi connectivity index (χ4n) is 3.46. The molecule has 0 N–H and O–H groups in total. The summed E-state index contributed by atoms with van der Waals surface area (Å²) in [7, 11) is 3.24. The van der Waals surface area contributed by atoms with Crippen LogP contribution in [0.3, 0.4) is 0 Å². The highest BCUT2D eigenvalue weighted by molar-refractivity contribution is 6.00. The van der Waals surface area contributed by atoms with Crippen molar-refractivity contribution in [1.82, 2.24) is 4.90 Å². The van der Waals surface area contributed by atoms with Gasteiger partial charge in [0.1, 0.15) is 18.7 Å². The van der Waals surface area contributed by atoms with Gasteiger partial charge in [-0.25, -0.2) is 4.39 Å². The van der Waals surface area contributed by atoms with Gasteiger partial charge in [-0.1, -0.05) is 29.4 Å². The number of ether oxygens (including phenoxy) is 1. The molecule has 0 amide bonds. The summed E-state index contributed by atoms with van der Waals surface area (Å²) < 4.78 is 18.5. The van der Waals surface area contributed by atoms with E-state index >= 15 is 0 Å². The molecule has 1 unspecified atom stereocenters. The molecule has 2 aromatic carbocycles. The molecule has 0 bridgehead atoms. The minimum Gasteiger partial charge on any atom is -0.497 e. The lowest BCUT2D eigenvalue weighted by Gasteiger charge is -2.17. The molecule has 26 heavy (non-hydrogen) atoms. The highest BCUT2D eigenvalue weighted by Crippen LogP contribution is 2.29. The first kappa shape index (κ1) is 18.4. The van der Waals surface area contributed by atoms with Gasteiger partial charge in [-0.05, 0) is 54.3 Å². The van der Waals surface area contributed by atoms with E-state index in [1.807, 2.05) is 6.07 Å². The standard InChI is InChI=1S/C21H25FN2O2/c1-25-20-5-3-4-17(14-20)18-10-12-24(15-18)13-11-21(23-26-2)16-6-8-19(22)9-7-16/h3-9,14,18H,10-13,15H2,1-2H3/b23-21+. The van der Waals surface area contributed by atoms with Crippen molar-refractivity contribution in [2.45, 2.75) is 18.8 Å². The van der Waals surface area contributed by atoms with E-state index in [9.17, 15) is 4.39 Å². The van der Waals surface area contributed by atoms with Crippen molar-refractivity contribution < 1.29 is 14.0 Å². The molecule has 1 aliphatic rings. The number of oxime groups is 1. The summed E-state index contributed by atoms with van der Waals surface area (Å²) in [6.07, 6.45) is 1.91. The summed E-state index contributed by atoms with van der Waals surface area (Å²) in [6, 6.07) is 14.7. The molecule has 4 nitrogen and oxygen atoms in total. The molecular formula is C21H25FN2O2. The quantitative estimate of drug-likeness (QED) is 0.554. The van der Waals surface area contributed by atoms with Crippen LogP contribution in [0.4, 0.5) is 4.39 Å². The molecule has 1 heterocycles.